The number of carbonyl (C=O) groups is 1. The maximum absolute atomic E-state index is 15.0. The molecule has 2 aromatic heterocycles. The number of amides is 1. The van der Waals surface area contributed by atoms with E-state index >= 15 is 0 Å². The number of rotatable bonds is 4. The maximum Gasteiger partial charge on any atom is 0.418 e. The van der Waals surface area contributed by atoms with Crippen molar-refractivity contribution >= 4 is 23.0 Å². The molecule has 14 heteroatoms. The van der Waals surface area contributed by atoms with Gasteiger partial charge in [-0.3, -0.25) is 9.79 Å². The Kier molecular flexibility index (Phi) is 6.60. The number of nitrogens with zero attached hydrogens (tertiary/aromatic N) is 4. The quantitative estimate of drug-likeness (QED) is 0.474. The Bertz CT molecular complexity index is 1430. The summed E-state index contributed by atoms with van der Waals surface area (Å²) in [6.07, 6.45) is -3.60. The molecule has 0 saturated carbocycles. The number of nitrogens with one attached hydrogen (secondary N) is 1. The van der Waals surface area contributed by atoms with E-state index in [1.807, 2.05) is 5.32 Å². The molecule has 0 spiro atoms. The van der Waals surface area contributed by atoms with Crippen LogP contribution in [0.2, 0.25) is 0 Å². The number of aliphatic imine (C=N–C) groups is 1. The fraction of sp³-hybridized carbons (Fsp3) is 0.417. The second-order valence-electron chi connectivity index (χ2n) is 9.25. The average Bonchev–Trinajstić information content (AvgIpc) is 3.33. The molecule has 5 rings (SSSR count). The molecule has 1 aromatic carbocycles. The normalized spacial score (nSPS) is 18.8. The highest BCUT2D eigenvalue weighted by Gasteiger charge is 2.50. The first-order chi connectivity index (χ1) is 17.9. The molecule has 2 N–H and O–H groups in total. The number of hydrogen-bond acceptors (Lipinski definition) is 7. The van der Waals surface area contributed by atoms with Gasteiger partial charge in [-0.2, -0.15) is 13.2 Å². The van der Waals surface area contributed by atoms with Crippen molar-refractivity contribution in [1.29, 1.82) is 0 Å². The van der Waals surface area contributed by atoms with Gasteiger partial charge < -0.3 is 15.2 Å². The van der Waals surface area contributed by atoms with Crippen LogP contribution in [0.1, 0.15) is 64.3 Å². The summed E-state index contributed by atoms with van der Waals surface area (Å²) in [4.78, 5) is 22.4. The van der Waals surface area contributed by atoms with Crippen molar-refractivity contribution in [3.63, 3.8) is 0 Å². The lowest BCUT2D eigenvalue weighted by molar-refractivity contribution is -0.249. The number of hydrogen-bond donors (Lipinski definition) is 2. The summed E-state index contributed by atoms with van der Waals surface area (Å²) in [6.45, 7) is 1.71. The van der Waals surface area contributed by atoms with E-state index in [1.165, 1.54) is 22.1 Å². The minimum Gasteiger partial charge on any atom is -0.379 e. The average molecular weight is 556 g/mol. The van der Waals surface area contributed by atoms with E-state index in [0.717, 1.165) is 23.4 Å². The Hall–Kier alpha value is -3.23. The molecule has 3 aromatic rings. The predicted octanol–water partition coefficient (Wildman–Crippen LogP) is 4.02. The third-order valence-corrected chi connectivity index (χ3v) is 7.64. The Morgan fingerprint density at radius 3 is 2.66 bits per heavy atom. The van der Waals surface area contributed by atoms with E-state index < -0.39 is 47.7 Å². The molecule has 2 aliphatic heterocycles. The van der Waals surface area contributed by atoms with Crippen molar-refractivity contribution in [2.24, 2.45) is 4.99 Å². The van der Waals surface area contributed by atoms with E-state index in [2.05, 4.69) is 15.1 Å². The molecule has 202 valence electrons. The number of fused-ring (bicyclic) bond motifs is 5. The molecule has 0 radical (unpaired) electrons. The van der Waals surface area contributed by atoms with Gasteiger partial charge in [-0.15, -0.1) is 16.4 Å². The van der Waals surface area contributed by atoms with Crippen LogP contribution in [-0.4, -0.2) is 56.4 Å². The van der Waals surface area contributed by atoms with Gasteiger partial charge in [-0.25, -0.2) is 18.4 Å². The van der Waals surface area contributed by atoms with Crippen LogP contribution in [-0.2, 0) is 17.8 Å². The maximum atomic E-state index is 15.0. The largest absolute Gasteiger partial charge is 0.418 e. The van der Waals surface area contributed by atoms with Crippen molar-refractivity contribution in [3.8, 4) is 5.00 Å². The third kappa shape index (κ3) is 4.50. The third-order valence-electron chi connectivity index (χ3n) is 6.38. The molecule has 8 nitrogen and oxygen atoms in total. The Morgan fingerprint density at radius 1 is 1.26 bits per heavy atom. The second-order valence-corrected chi connectivity index (χ2v) is 10.3. The van der Waals surface area contributed by atoms with Gasteiger partial charge in [0.1, 0.15) is 22.7 Å². The number of alkyl halides is 3. The summed E-state index contributed by atoms with van der Waals surface area (Å²) in [7, 11) is 0. The van der Waals surface area contributed by atoms with Crippen molar-refractivity contribution in [1.82, 2.24) is 20.1 Å². The highest BCUT2D eigenvalue weighted by molar-refractivity contribution is 7.15. The molecule has 38 heavy (non-hydrogen) atoms. The molecular formula is C24H22F5N5O3S. The van der Waals surface area contributed by atoms with Gasteiger partial charge in [0.05, 0.1) is 24.4 Å². The van der Waals surface area contributed by atoms with Gasteiger partial charge in [0.2, 0.25) is 5.82 Å². The summed E-state index contributed by atoms with van der Waals surface area (Å²) >= 11 is 1.30. The van der Waals surface area contributed by atoms with Crippen LogP contribution < -0.4 is 5.32 Å². The zero-order chi connectivity index (χ0) is 27.4. The van der Waals surface area contributed by atoms with Crippen LogP contribution in [0.4, 0.5) is 22.0 Å². The Morgan fingerprint density at radius 2 is 1.97 bits per heavy atom. The van der Waals surface area contributed by atoms with E-state index in [9.17, 15) is 31.9 Å². The second kappa shape index (κ2) is 9.50. The Labute approximate surface area is 217 Å². The van der Waals surface area contributed by atoms with E-state index in [4.69, 9.17) is 4.74 Å². The molecule has 0 bridgehead atoms. The number of aliphatic hydroxyl groups is 1. The van der Waals surface area contributed by atoms with Crippen LogP contribution in [0, 0.1) is 11.6 Å². The summed E-state index contributed by atoms with van der Waals surface area (Å²) < 4.78 is 76.0. The van der Waals surface area contributed by atoms with Gasteiger partial charge in [0.15, 0.2) is 11.4 Å². The number of aryl methyl sites for hydroxylation is 1. The van der Waals surface area contributed by atoms with E-state index in [-0.39, 0.29) is 23.7 Å². The Balaban J connectivity index is 1.62. The molecule has 4 heterocycles. The van der Waals surface area contributed by atoms with Gasteiger partial charge in [-0.05, 0) is 38.8 Å². The van der Waals surface area contributed by atoms with Crippen molar-refractivity contribution in [2.45, 2.75) is 51.1 Å². The first kappa shape index (κ1) is 26.4. The number of carbonyl (C=O) groups excluding carboxylic acids is 1. The van der Waals surface area contributed by atoms with Crippen LogP contribution in [0.5, 0.6) is 0 Å². The topological polar surface area (TPSA) is 102 Å². The van der Waals surface area contributed by atoms with E-state index in [0.29, 0.717) is 36.1 Å². The molecule has 0 saturated heterocycles. The summed E-state index contributed by atoms with van der Waals surface area (Å²) in [5.74, 6) is -2.93. The standard InChI is InChI=1S/C24H22F5N5O3S/c1-11-20-32-19(21(35)30-10-23(2,36)24(27,28)29)33-34(20)22-16(12-9-37-8-4-7-15(12)38-22)18(31-11)17-13(25)5-3-6-14(17)26/h3,5-6,11,36H,4,7-10H2,1-2H3,(H,30,35)/t11-,23-/m0/s1. The lowest BCUT2D eigenvalue weighted by atomic mass is 9.97. The van der Waals surface area contributed by atoms with Gasteiger partial charge in [-0.1, -0.05) is 6.07 Å². The predicted molar refractivity (Wildman–Crippen MR) is 127 cm³/mol. The van der Waals surface area contributed by atoms with Crippen molar-refractivity contribution in [2.75, 3.05) is 13.2 Å². The van der Waals surface area contributed by atoms with E-state index in [1.54, 1.807) is 6.92 Å². The highest BCUT2D eigenvalue weighted by atomic mass is 32.1. The first-order valence-electron chi connectivity index (χ1n) is 11.7. The van der Waals surface area contributed by atoms with Crippen molar-refractivity contribution < 1.29 is 36.6 Å². The smallest absolute Gasteiger partial charge is 0.379 e. The summed E-state index contributed by atoms with van der Waals surface area (Å²) in [6, 6.07) is 2.68. The monoisotopic (exact) mass is 555 g/mol. The number of benzene rings is 1. The lowest BCUT2D eigenvalue weighted by Crippen LogP contribution is -2.51. The number of halogens is 5. The molecule has 1 amide bonds. The van der Waals surface area contributed by atoms with Gasteiger partial charge in [0, 0.05) is 22.6 Å². The molecule has 0 unspecified atom stereocenters. The molecule has 0 fully saturated rings. The minimum atomic E-state index is -4.97. The molecule has 2 aliphatic rings. The molecule has 2 atom stereocenters. The zero-order valence-corrected chi connectivity index (χ0v) is 21.0. The van der Waals surface area contributed by atoms with Gasteiger partial charge in [0.25, 0.3) is 5.91 Å². The highest BCUT2D eigenvalue weighted by Crippen LogP contribution is 2.41. The zero-order valence-electron chi connectivity index (χ0n) is 20.2. The summed E-state index contributed by atoms with van der Waals surface area (Å²) in [5, 5.41) is 16.3. The van der Waals surface area contributed by atoms with Crippen LogP contribution >= 0.6 is 11.3 Å². The first-order valence-corrected chi connectivity index (χ1v) is 12.5. The number of ether oxygens (including phenoxy) is 1. The fourth-order valence-corrected chi connectivity index (χ4v) is 5.56. The van der Waals surface area contributed by atoms with Crippen LogP contribution in [0.15, 0.2) is 23.2 Å². The van der Waals surface area contributed by atoms with Crippen molar-refractivity contribution in [3.05, 3.63) is 63.0 Å². The summed E-state index contributed by atoms with van der Waals surface area (Å²) in [5.41, 5.74) is -2.31. The van der Waals surface area contributed by atoms with Crippen LogP contribution in [0.25, 0.3) is 5.00 Å². The number of thiophene rings is 1. The van der Waals surface area contributed by atoms with Gasteiger partial charge >= 0.3 is 6.18 Å². The minimum absolute atomic E-state index is 0.0608. The lowest BCUT2D eigenvalue weighted by Gasteiger charge is -2.25. The van der Waals surface area contributed by atoms with Crippen LogP contribution in [0.3, 0.4) is 0 Å². The number of aromatic nitrogens is 3. The molecule has 0 aliphatic carbocycles. The fourth-order valence-electron chi connectivity index (χ4n) is 4.26. The SMILES string of the molecule is C[C@@H]1N=C(c2c(F)cccc2F)c2c(sc3c2COCCC3)-n2nc(C(=O)NC[C@](C)(O)C(F)(F)F)nc21. The molecular weight excluding hydrogens is 533 g/mol.